The van der Waals surface area contributed by atoms with Gasteiger partial charge in [0.25, 0.3) is 0 Å². The smallest absolute Gasteiger partial charge is 0.462 e. The van der Waals surface area contributed by atoms with Gasteiger partial charge in [-0.25, -0.2) is 9.13 Å². The lowest BCUT2D eigenvalue weighted by molar-refractivity contribution is -0.161. The Morgan fingerprint density at radius 1 is 0.326 bits per heavy atom. The second-order valence-corrected chi connectivity index (χ2v) is 28.3. The lowest BCUT2D eigenvalue weighted by Crippen LogP contribution is -2.30. The Bertz CT molecular complexity index is 1720. The maximum absolute atomic E-state index is 13.0. The third-order valence-corrected chi connectivity index (χ3v) is 18.3. The van der Waals surface area contributed by atoms with Crippen molar-refractivity contribution in [2.24, 2.45) is 23.7 Å². The zero-order valence-corrected chi connectivity index (χ0v) is 57.7. The summed E-state index contributed by atoms with van der Waals surface area (Å²) < 4.78 is 68.2. The second-order valence-electron chi connectivity index (χ2n) is 25.4. The SMILES string of the molecule is CCC(C)CCCCCCCCCCC(=O)OC[C@H](COP(=O)(O)OCC(O)COP(=O)(O)OC[C@@H](COC(=O)CCCCCCCCCC(C)C)OC(=O)CCCCCCCCCCC(C)CC)OC(=O)CCCCCCCCCCC(C)CC. The van der Waals surface area contributed by atoms with E-state index in [-0.39, 0.29) is 25.7 Å². The number of esters is 4. The van der Waals surface area contributed by atoms with Crippen LogP contribution in [0.3, 0.4) is 0 Å². The fraction of sp³-hybridized carbons (Fsp3) is 0.940. The van der Waals surface area contributed by atoms with E-state index in [4.69, 9.17) is 37.0 Å². The van der Waals surface area contributed by atoms with Gasteiger partial charge in [-0.05, 0) is 49.4 Å². The van der Waals surface area contributed by atoms with Crippen molar-refractivity contribution in [3.05, 3.63) is 0 Å². The molecular weight excluding hydrogens is 1140 g/mol. The first kappa shape index (κ1) is 84.1. The van der Waals surface area contributed by atoms with E-state index in [2.05, 4.69) is 55.4 Å². The highest BCUT2D eigenvalue weighted by Crippen LogP contribution is 2.45. The molecule has 17 nitrogen and oxygen atoms in total. The Morgan fingerprint density at radius 3 is 0.826 bits per heavy atom. The summed E-state index contributed by atoms with van der Waals surface area (Å²) in [6.07, 6.45) is 37.5. The van der Waals surface area contributed by atoms with Crippen LogP contribution >= 0.6 is 15.6 Å². The summed E-state index contributed by atoms with van der Waals surface area (Å²) in [5, 5.41) is 10.6. The van der Waals surface area contributed by atoms with E-state index in [1.54, 1.807) is 0 Å². The van der Waals surface area contributed by atoms with Crippen LogP contribution in [0, 0.1) is 23.7 Å². The monoisotopic (exact) mass is 1270 g/mol. The number of aliphatic hydroxyl groups excluding tert-OH is 1. The first-order valence-electron chi connectivity index (χ1n) is 34.8. The highest BCUT2D eigenvalue weighted by atomic mass is 31.2. The molecule has 86 heavy (non-hydrogen) atoms. The molecule has 0 bridgehead atoms. The van der Waals surface area contributed by atoms with Gasteiger partial charge in [0.05, 0.1) is 26.4 Å². The van der Waals surface area contributed by atoms with Crippen LogP contribution in [0.1, 0.15) is 325 Å². The summed E-state index contributed by atoms with van der Waals surface area (Å²) in [7, 11) is -9.90. The summed E-state index contributed by atoms with van der Waals surface area (Å²) in [5.74, 6) is 0.885. The number of rotatable bonds is 64. The summed E-state index contributed by atoms with van der Waals surface area (Å²) in [4.78, 5) is 72.4. The minimum Gasteiger partial charge on any atom is -0.462 e. The Hall–Kier alpha value is -1.94. The molecule has 0 aromatic rings. The molecule has 0 aliphatic carbocycles. The van der Waals surface area contributed by atoms with E-state index in [1.165, 1.54) is 122 Å². The van der Waals surface area contributed by atoms with Gasteiger partial charge in [0.15, 0.2) is 12.2 Å². The van der Waals surface area contributed by atoms with Crippen molar-refractivity contribution in [3.8, 4) is 0 Å². The van der Waals surface area contributed by atoms with E-state index < -0.39 is 97.5 Å². The quantitative estimate of drug-likeness (QED) is 0.0222. The molecule has 19 heteroatoms. The molecule has 6 unspecified atom stereocenters. The largest absolute Gasteiger partial charge is 0.472 e. The van der Waals surface area contributed by atoms with Gasteiger partial charge in [-0.1, -0.05) is 274 Å². The minimum atomic E-state index is -4.95. The topological polar surface area (TPSA) is 237 Å². The van der Waals surface area contributed by atoms with Gasteiger partial charge in [0.2, 0.25) is 0 Å². The molecule has 0 aromatic carbocycles. The van der Waals surface area contributed by atoms with Gasteiger partial charge >= 0.3 is 39.5 Å². The van der Waals surface area contributed by atoms with Crippen LogP contribution in [0.5, 0.6) is 0 Å². The van der Waals surface area contributed by atoms with Gasteiger partial charge in [-0.2, -0.15) is 0 Å². The first-order chi connectivity index (χ1) is 41.2. The molecule has 0 spiro atoms. The normalized spacial score (nSPS) is 15.3. The molecule has 510 valence electrons. The molecule has 0 aliphatic heterocycles. The first-order valence-corrected chi connectivity index (χ1v) is 37.8. The van der Waals surface area contributed by atoms with Crippen LogP contribution in [0.25, 0.3) is 0 Å². The van der Waals surface area contributed by atoms with E-state index in [0.29, 0.717) is 31.6 Å². The van der Waals surface area contributed by atoms with Crippen LogP contribution in [0.15, 0.2) is 0 Å². The van der Waals surface area contributed by atoms with Crippen LogP contribution in [-0.4, -0.2) is 96.7 Å². The van der Waals surface area contributed by atoms with Crippen LogP contribution in [-0.2, 0) is 65.4 Å². The molecule has 0 aliphatic rings. The number of phosphoric acid groups is 2. The van der Waals surface area contributed by atoms with Crippen molar-refractivity contribution in [2.75, 3.05) is 39.6 Å². The third-order valence-electron chi connectivity index (χ3n) is 16.4. The summed E-state index contributed by atoms with van der Waals surface area (Å²) in [6.45, 7) is 14.1. The highest BCUT2D eigenvalue weighted by Gasteiger charge is 2.30. The van der Waals surface area contributed by atoms with E-state index in [1.807, 2.05) is 0 Å². The molecular formula is C67H130O17P2. The Labute approximate surface area is 524 Å². The van der Waals surface area contributed by atoms with Gasteiger partial charge in [0, 0.05) is 25.7 Å². The predicted octanol–water partition coefficient (Wildman–Crippen LogP) is 18.5. The zero-order chi connectivity index (χ0) is 63.9. The Morgan fingerprint density at radius 2 is 0.558 bits per heavy atom. The molecule has 0 radical (unpaired) electrons. The van der Waals surface area contributed by atoms with E-state index >= 15 is 0 Å². The fourth-order valence-electron chi connectivity index (χ4n) is 9.86. The molecule has 0 amide bonds. The lowest BCUT2D eigenvalue weighted by Gasteiger charge is -2.21. The average Bonchev–Trinajstić information content (AvgIpc) is 3.69. The van der Waals surface area contributed by atoms with Crippen molar-refractivity contribution >= 4 is 39.5 Å². The van der Waals surface area contributed by atoms with Crippen LogP contribution in [0.2, 0.25) is 0 Å². The summed E-state index contributed by atoms with van der Waals surface area (Å²) >= 11 is 0. The standard InChI is InChI=1S/C67H130O17P2/c1-9-58(6)44-36-28-20-12-15-23-31-39-47-64(69)77-53-62(83-66(71)49-41-33-24-16-13-21-29-37-45-59(7)10-2)55-81-85(73,74)79-51-61(68)52-80-86(75,76)82-56-63(54-78-65(70)48-40-32-26-18-19-27-35-43-57(4)5)84-67(72)50-42-34-25-17-14-22-30-38-46-60(8)11-3/h57-63,68H,9-56H2,1-8H3,(H,73,74)(H,75,76)/t58?,59?,60?,61?,62-,63-/m1/s1. The van der Waals surface area contributed by atoms with Gasteiger partial charge in [-0.3, -0.25) is 37.3 Å². The van der Waals surface area contributed by atoms with Gasteiger partial charge in [-0.15, -0.1) is 0 Å². The van der Waals surface area contributed by atoms with Crippen molar-refractivity contribution in [2.45, 2.75) is 343 Å². The second kappa shape index (κ2) is 57.0. The molecule has 0 aromatic heterocycles. The number of aliphatic hydroxyl groups is 1. The molecule has 8 atom stereocenters. The molecule has 3 N–H and O–H groups in total. The molecule has 0 saturated carbocycles. The number of ether oxygens (including phenoxy) is 4. The number of carbonyl (C=O) groups excluding carboxylic acids is 4. The molecule has 0 rings (SSSR count). The number of hydrogen-bond donors (Lipinski definition) is 3. The zero-order valence-electron chi connectivity index (χ0n) is 55.9. The van der Waals surface area contributed by atoms with Gasteiger partial charge in [0.1, 0.15) is 19.3 Å². The third kappa shape index (κ3) is 57.2. The molecule has 0 fully saturated rings. The van der Waals surface area contributed by atoms with Crippen LogP contribution < -0.4 is 0 Å². The minimum absolute atomic E-state index is 0.103. The maximum atomic E-state index is 13.0. The lowest BCUT2D eigenvalue weighted by atomic mass is 9.99. The number of hydrogen-bond acceptors (Lipinski definition) is 15. The Kier molecular flexibility index (Phi) is 55.7. The number of unbranched alkanes of at least 4 members (excludes halogenated alkanes) is 27. The Balaban J connectivity index is 5.28. The van der Waals surface area contributed by atoms with Crippen molar-refractivity contribution < 1.29 is 80.2 Å². The van der Waals surface area contributed by atoms with Crippen molar-refractivity contribution in [3.63, 3.8) is 0 Å². The fourth-order valence-corrected chi connectivity index (χ4v) is 11.4. The van der Waals surface area contributed by atoms with E-state index in [9.17, 15) is 43.2 Å². The molecule has 0 saturated heterocycles. The summed E-state index contributed by atoms with van der Waals surface area (Å²) in [6, 6.07) is 0. The average molecular weight is 1270 g/mol. The van der Waals surface area contributed by atoms with Crippen molar-refractivity contribution in [1.29, 1.82) is 0 Å². The van der Waals surface area contributed by atoms with Crippen LogP contribution in [0.4, 0.5) is 0 Å². The van der Waals surface area contributed by atoms with Gasteiger partial charge < -0.3 is 33.8 Å². The highest BCUT2D eigenvalue weighted by molar-refractivity contribution is 7.47. The predicted molar refractivity (Wildman–Crippen MR) is 344 cm³/mol. The number of carbonyl (C=O) groups is 4. The number of phosphoric ester groups is 2. The maximum Gasteiger partial charge on any atom is 0.472 e. The van der Waals surface area contributed by atoms with Crippen molar-refractivity contribution in [1.82, 2.24) is 0 Å². The summed E-state index contributed by atoms with van der Waals surface area (Å²) in [5.41, 5.74) is 0. The molecule has 0 heterocycles. The van der Waals surface area contributed by atoms with E-state index in [0.717, 1.165) is 114 Å².